The minimum Gasteiger partial charge on any atom is -0.455 e. The molecule has 0 unspecified atom stereocenters. The van der Waals surface area contributed by atoms with Gasteiger partial charge in [0, 0.05) is 3.57 Å². The first-order valence-electron chi connectivity index (χ1n) is 6.59. The van der Waals surface area contributed by atoms with Crippen LogP contribution >= 0.6 is 45.8 Å². The number of rotatable bonds is 5. The van der Waals surface area contributed by atoms with Crippen molar-refractivity contribution in [2.24, 2.45) is 0 Å². The summed E-state index contributed by atoms with van der Waals surface area (Å²) in [6, 6.07) is 12.2. The number of carbonyl (C=O) groups excluding carboxylic acids is 2. The van der Waals surface area contributed by atoms with Gasteiger partial charge in [-0.3, -0.25) is 9.59 Å². The highest BCUT2D eigenvalue weighted by Crippen LogP contribution is 2.23. The average Bonchev–Trinajstić information content (AvgIpc) is 2.51. The van der Waals surface area contributed by atoms with Gasteiger partial charge in [-0.15, -0.1) is 0 Å². The number of benzene rings is 2. The highest BCUT2D eigenvalue weighted by molar-refractivity contribution is 14.1. The maximum Gasteiger partial charge on any atom is 0.310 e. The van der Waals surface area contributed by atoms with Crippen LogP contribution in [0.2, 0.25) is 10.0 Å². The molecule has 0 aliphatic heterocycles. The van der Waals surface area contributed by atoms with Gasteiger partial charge in [-0.1, -0.05) is 41.4 Å². The summed E-state index contributed by atoms with van der Waals surface area (Å²) in [5, 5.41) is 3.47. The Morgan fingerprint density at radius 3 is 2.52 bits per heavy atom. The summed E-state index contributed by atoms with van der Waals surface area (Å²) in [5.41, 5.74) is 1.35. The lowest BCUT2D eigenvalue weighted by molar-refractivity contribution is -0.146. The molecular formula is C16H12Cl2INO3. The van der Waals surface area contributed by atoms with Crippen LogP contribution in [0, 0.1) is 3.57 Å². The van der Waals surface area contributed by atoms with Gasteiger partial charge in [0.2, 0.25) is 0 Å². The summed E-state index contributed by atoms with van der Waals surface area (Å²) in [4.78, 5) is 23.5. The molecule has 7 heteroatoms. The summed E-state index contributed by atoms with van der Waals surface area (Å²) < 4.78 is 5.86. The molecule has 0 saturated carbocycles. The van der Waals surface area contributed by atoms with Gasteiger partial charge < -0.3 is 10.1 Å². The van der Waals surface area contributed by atoms with Gasteiger partial charge in [-0.25, -0.2) is 0 Å². The van der Waals surface area contributed by atoms with Crippen molar-refractivity contribution in [3.8, 4) is 0 Å². The van der Waals surface area contributed by atoms with Crippen molar-refractivity contribution in [3.63, 3.8) is 0 Å². The largest absolute Gasteiger partial charge is 0.455 e. The molecule has 0 aromatic heterocycles. The van der Waals surface area contributed by atoms with Gasteiger partial charge in [0.25, 0.3) is 5.91 Å². The van der Waals surface area contributed by atoms with Crippen molar-refractivity contribution < 1.29 is 14.3 Å². The zero-order chi connectivity index (χ0) is 16.8. The molecule has 2 rings (SSSR count). The molecule has 0 spiro atoms. The minimum absolute atomic E-state index is 0.0209. The summed E-state index contributed by atoms with van der Waals surface area (Å²) in [6.07, 6.45) is 0.0209. The Kier molecular flexibility index (Phi) is 6.68. The van der Waals surface area contributed by atoms with E-state index >= 15 is 0 Å². The van der Waals surface area contributed by atoms with E-state index in [0.717, 1.165) is 3.57 Å². The molecule has 0 atom stereocenters. The van der Waals surface area contributed by atoms with Crippen molar-refractivity contribution in [1.82, 2.24) is 0 Å². The van der Waals surface area contributed by atoms with Gasteiger partial charge in [0.05, 0.1) is 22.2 Å². The van der Waals surface area contributed by atoms with E-state index in [-0.39, 0.29) is 13.0 Å². The van der Waals surface area contributed by atoms with Crippen molar-refractivity contribution in [1.29, 1.82) is 0 Å². The van der Waals surface area contributed by atoms with Crippen molar-refractivity contribution >= 4 is 63.4 Å². The molecule has 0 fully saturated rings. The molecule has 120 valence electrons. The minimum atomic E-state index is -0.513. The number of halogens is 3. The Labute approximate surface area is 157 Å². The molecule has 0 aliphatic carbocycles. The third-order valence-electron chi connectivity index (χ3n) is 2.84. The van der Waals surface area contributed by atoms with E-state index in [0.29, 0.717) is 21.3 Å². The lowest BCUT2D eigenvalue weighted by Crippen LogP contribution is -2.22. The second kappa shape index (κ2) is 8.52. The van der Waals surface area contributed by atoms with E-state index in [2.05, 4.69) is 27.9 Å². The van der Waals surface area contributed by atoms with E-state index in [4.69, 9.17) is 27.9 Å². The lowest BCUT2D eigenvalue weighted by Gasteiger charge is -2.08. The smallest absolute Gasteiger partial charge is 0.310 e. The number of ether oxygens (including phenoxy) is 1. The van der Waals surface area contributed by atoms with Crippen molar-refractivity contribution in [2.45, 2.75) is 6.42 Å². The van der Waals surface area contributed by atoms with Crippen molar-refractivity contribution in [3.05, 3.63) is 61.6 Å². The third-order valence-corrected chi connectivity index (χ3v) is 4.52. The van der Waals surface area contributed by atoms with Crippen LogP contribution in [0.3, 0.4) is 0 Å². The topological polar surface area (TPSA) is 55.4 Å². The number of hydrogen-bond donors (Lipinski definition) is 1. The number of nitrogens with one attached hydrogen (secondary N) is 1. The first-order valence-corrected chi connectivity index (χ1v) is 8.43. The van der Waals surface area contributed by atoms with E-state index in [9.17, 15) is 9.59 Å². The molecule has 2 aromatic rings. The fourth-order valence-electron chi connectivity index (χ4n) is 1.76. The summed E-state index contributed by atoms with van der Waals surface area (Å²) in [6.45, 7) is -0.342. The Bertz CT molecular complexity index is 737. The molecule has 2 aromatic carbocycles. The fraction of sp³-hybridized carbons (Fsp3) is 0.125. The second-order valence-corrected chi connectivity index (χ2v) is 6.59. The third kappa shape index (κ3) is 5.67. The SMILES string of the molecule is O=C(COC(=O)Cc1ccc(Cl)c(Cl)c1)Nc1ccccc1I. The molecule has 1 amide bonds. The van der Waals surface area contributed by atoms with Crippen LogP contribution in [0.4, 0.5) is 5.69 Å². The quantitative estimate of drug-likeness (QED) is 0.530. The van der Waals surface area contributed by atoms with Gasteiger partial charge in [-0.2, -0.15) is 0 Å². The van der Waals surface area contributed by atoms with Gasteiger partial charge in [-0.05, 0) is 52.4 Å². The van der Waals surface area contributed by atoms with Crippen LogP contribution in [-0.4, -0.2) is 18.5 Å². The number of carbonyl (C=O) groups is 2. The van der Waals surface area contributed by atoms with Gasteiger partial charge in [0.1, 0.15) is 0 Å². The van der Waals surface area contributed by atoms with Crippen molar-refractivity contribution in [2.75, 3.05) is 11.9 Å². The number of esters is 1. The maximum atomic E-state index is 11.8. The Balaban J connectivity index is 1.83. The summed E-state index contributed by atoms with van der Waals surface area (Å²) in [5.74, 6) is -0.905. The number of para-hydroxylation sites is 1. The number of hydrogen-bond acceptors (Lipinski definition) is 3. The van der Waals surface area contributed by atoms with E-state index < -0.39 is 11.9 Å². The first-order chi connectivity index (χ1) is 11.0. The Morgan fingerprint density at radius 1 is 1.09 bits per heavy atom. The van der Waals surface area contributed by atoms with Gasteiger partial charge >= 0.3 is 5.97 Å². The highest BCUT2D eigenvalue weighted by atomic mass is 127. The molecule has 23 heavy (non-hydrogen) atoms. The molecule has 0 bridgehead atoms. The second-order valence-electron chi connectivity index (χ2n) is 4.61. The van der Waals surface area contributed by atoms with Crippen LogP contribution in [0.25, 0.3) is 0 Å². The van der Waals surface area contributed by atoms with E-state index in [1.165, 1.54) is 0 Å². The maximum absolute atomic E-state index is 11.8. The average molecular weight is 464 g/mol. The van der Waals surface area contributed by atoms with Crippen LogP contribution in [0.15, 0.2) is 42.5 Å². The van der Waals surface area contributed by atoms with E-state index in [1.807, 2.05) is 18.2 Å². The Morgan fingerprint density at radius 2 is 1.83 bits per heavy atom. The number of anilines is 1. The lowest BCUT2D eigenvalue weighted by atomic mass is 10.1. The standard InChI is InChI=1S/C16H12Cl2INO3/c17-11-6-5-10(7-12(11)18)8-16(22)23-9-15(21)20-14-4-2-1-3-13(14)19/h1-7H,8-9H2,(H,20,21). The fourth-order valence-corrected chi connectivity index (χ4v) is 2.61. The zero-order valence-electron chi connectivity index (χ0n) is 11.8. The van der Waals surface area contributed by atoms with Crippen LogP contribution in [0.1, 0.15) is 5.56 Å². The monoisotopic (exact) mass is 463 g/mol. The zero-order valence-corrected chi connectivity index (χ0v) is 15.5. The molecule has 0 radical (unpaired) electrons. The molecule has 0 aliphatic rings. The predicted octanol–water partition coefficient (Wildman–Crippen LogP) is 4.32. The first kappa shape index (κ1) is 18.0. The Hall–Kier alpha value is -1.31. The predicted molar refractivity (Wildman–Crippen MR) is 98.9 cm³/mol. The summed E-state index contributed by atoms with van der Waals surface area (Å²) in [7, 11) is 0. The molecule has 4 nitrogen and oxygen atoms in total. The van der Waals surface area contributed by atoms with Crippen LogP contribution in [-0.2, 0) is 20.7 Å². The summed E-state index contributed by atoms with van der Waals surface area (Å²) >= 11 is 13.8. The molecular weight excluding hydrogens is 452 g/mol. The number of amides is 1. The highest BCUT2D eigenvalue weighted by Gasteiger charge is 2.11. The normalized spacial score (nSPS) is 10.2. The van der Waals surface area contributed by atoms with Crippen LogP contribution in [0.5, 0.6) is 0 Å². The van der Waals surface area contributed by atoms with Crippen LogP contribution < -0.4 is 5.32 Å². The molecule has 0 saturated heterocycles. The van der Waals surface area contributed by atoms with Gasteiger partial charge in [0.15, 0.2) is 6.61 Å². The van der Waals surface area contributed by atoms with E-state index in [1.54, 1.807) is 24.3 Å². The molecule has 1 N–H and O–H groups in total. The molecule has 0 heterocycles.